The van der Waals surface area contributed by atoms with Gasteiger partial charge >= 0.3 is 0 Å². The number of fused-ring (bicyclic) bond motifs is 1. The van der Waals surface area contributed by atoms with Crippen LogP contribution in [-0.4, -0.2) is 44.1 Å². The molecule has 1 N–H and O–H groups in total. The van der Waals surface area contributed by atoms with Gasteiger partial charge in [0.1, 0.15) is 0 Å². The summed E-state index contributed by atoms with van der Waals surface area (Å²) < 4.78 is 10.6. The number of aliphatic imine (C=N–C) groups is 1. The van der Waals surface area contributed by atoms with Crippen LogP contribution < -0.4 is 14.8 Å². The molecule has 0 saturated carbocycles. The van der Waals surface area contributed by atoms with E-state index < -0.39 is 0 Å². The van der Waals surface area contributed by atoms with Crippen molar-refractivity contribution in [1.29, 1.82) is 0 Å². The van der Waals surface area contributed by atoms with Crippen molar-refractivity contribution < 1.29 is 14.3 Å². The number of benzene rings is 2. The molecule has 0 atom stereocenters. The van der Waals surface area contributed by atoms with Crippen molar-refractivity contribution in [3.63, 3.8) is 0 Å². The van der Waals surface area contributed by atoms with Crippen LogP contribution in [0.1, 0.15) is 27.9 Å². The molecule has 2 aromatic rings. The summed E-state index contributed by atoms with van der Waals surface area (Å²) in [7, 11) is 3.14. The number of aryl methyl sites for hydroxylation is 1. The Balaban J connectivity index is 1.57. The molecule has 6 nitrogen and oxygen atoms in total. The van der Waals surface area contributed by atoms with Gasteiger partial charge < -0.3 is 14.8 Å². The van der Waals surface area contributed by atoms with Crippen LogP contribution in [0.3, 0.4) is 0 Å². The van der Waals surface area contributed by atoms with Crippen molar-refractivity contribution in [2.75, 3.05) is 32.6 Å². The van der Waals surface area contributed by atoms with E-state index in [0.29, 0.717) is 36.1 Å². The van der Waals surface area contributed by atoms with Gasteiger partial charge in [0.15, 0.2) is 11.5 Å². The van der Waals surface area contributed by atoms with Gasteiger partial charge in [-0.2, -0.15) is 0 Å². The standard InChI is InChI=1S/C21H23N3O3/c1-26-18-10-9-15(13-19(18)27-2)20(25)24-12-11-22-21(24)23-17-8-4-6-14-5-3-7-16(14)17/h4,6,8-10,13H,3,5,7,11-12H2,1-2H3,(H,22,23). The summed E-state index contributed by atoms with van der Waals surface area (Å²) in [6.07, 6.45) is 3.36. The third kappa shape index (κ3) is 3.23. The van der Waals surface area contributed by atoms with Crippen molar-refractivity contribution in [1.82, 2.24) is 4.90 Å². The molecule has 0 fully saturated rings. The predicted molar refractivity (Wildman–Crippen MR) is 105 cm³/mol. The van der Waals surface area contributed by atoms with Gasteiger partial charge in [-0.15, -0.1) is 0 Å². The Labute approximate surface area is 158 Å². The molecule has 140 valence electrons. The van der Waals surface area contributed by atoms with Gasteiger partial charge in [0.05, 0.1) is 20.8 Å². The first-order chi connectivity index (χ1) is 13.2. The lowest BCUT2D eigenvalue weighted by Crippen LogP contribution is -2.38. The Morgan fingerprint density at radius 3 is 2.78 bits per heavy atom. The second-order valence-corrected chi connectivity index (χ2v) is 6.65. The average molecular weight is 365 g/mol. The second-order valence-electron chi connectivity index (χ2n) is 6.65. The summed E-state index contributed by atoms with van der Waals surface area (Å²) >= 11 is 0. The molecular weight excluding hydrogens is 342 g/mol. The number of carbonyl (C=O) groups is 1. The molecular formula is C21H23N3O3. The van der Waals surface area contributed by atoms with Crippen molar-refractivity contribution >= 4 is 17.6 Å². The minimum Gasteiger partial charge on any atom is -0.493 e. The molecule has 2 aromatic carbocycles. The van der Waals surface area contributed by atoms with Crippen molar-refractivity contribution in [3.8, 4) is 11.5 Å². The summed E-state index contributed by atoms with van der Waals surface area (Å²) in [4.78, 5) is 19.3. The highest BCUT2D eigenvalue weighted by molar-refractivity contribution is 6.11. The number of guanidine groups is 1. The summed E-state index contributed by atoms with van der Waals surface area (Å²) in [5, 5.41) is 3.39. The highest BCUT2D eigenvalue weighted by atomic mass is 16.5. The smallest absolute Gasteiger partial charge is 0.260 e. The molecule has 0 aromatic heterocycles. The summed E-state index contributed by atoms with van der Waals surface area (Å²) in [6, 6.07) is 11.5. The summed E-state index contributed by atoms with van der Waals surface area (Å²) in [5.41, 5.74) is 4.32. The maximum Gasteiger partial charge on any atom is 0.260 e. The predicted octanol–water partition coefficient (Wildman–Crippen LogP) is 3.12. The SMILES string of the molecule is COc1ccc(C(=O)N2CCN=C2Nc2cccc3c2CCC3)cc1OC. The Kier molecular flexibility index (Phi) is 4.71. The number of hydrogen-bond donors (Lipinski definition) is 1. The van der Waals surface area contributed by atoms with Crippen molar-refractivity contribution in [2.24, 2.45) is 4.99 Å². The number of rotatable bonds is 4. The minimum absolute atomic E-state index is 0.104. The zero-order valence-corrected chi connectivity index (χ0v) is 15.6. The molecule has 1 amide bonds. The Morgan fingerprint density at radius 2 is 1.96 bits per heavy atom. The van der Waals surface area contributed by atoms with Crippen LogP contribution in [-0.2, 0) is 12.8 Å². The number of anilines is 1. The fourth-order valence-corrected chi connectivity index (χ4v) is 3.73. The zero-order chi connectivity index (χ0) is 18.8. The van der Waals surface area contributed by atoms with E-state index in [1.165, 1.54) is 17.5 Å². The topological polar surface area (TPSA) is 63.2 Å². The fraction of sp³-hybridized carbons (Fsp3) is 0.333. The Bertz CT molecular complexity index is 908. The monoisotopic (exact) mass is 365 g/mol. The highest BCUT2D eigenvalue weighted by Crippen LogP contribution is 2.30. The van der Waals surface area contributed by atoms with Gasteiger partial charge in [-0.1, -0.05) is 12.1 Å². The van der Waals surface area contributed by atoms with E-state index in [0.717, 1.165) is 18.5 Å². The molecule has 1 aliphatic carbocycles. The first kappa shape index (κ1) is 17.4. The number of nitrogens with zero attached hydrogens (tertiary/aromatic N) is 2. The van der Waals surface area contributed by atoms with Gasteiger partial charge in [0.2, 0.25) is 5.96 Å². The van der Waals surface area contributed by atoms with Crippen LogP contribution in [0.25, 0.3) is 0 Å². The Morgan fingerprint density at radius 1 is 1.11 bits per heavy atom. The summed E-state index contributed by atoms with van der Waals surface area (Å²) in [6.45, 7) is 1.15. The van der Waals surface area contributed by atoms with E-state index in [2.05, 4.69) is 28.5 Å². The molecule has 27 heavy (non-hydrogen) atoms. The van der Waals surface area contributed by atoms with Gasteiger partial charge in [-0.25, -0.2) is 0 Å². The average Bonchev–Trinajstić information content (AvgIpc) is 3.36. The molecule has 0 bridgehead atoms. The zero-order valence-electron chi connectivity index (χ0n) is 15.6. The normalized spacial score (nSPS) is 15.3. The molecule has 1 heterocycles. The van der Waals surface area contributed by atoms with E-state index in [1.54, 1.807) is 37.3 Å². The van der Waals surface area contributed by atoms with Gasteiger partial charge in [0.25, 0.3) is 5.91 Å². The van der Waals surface area contributed by atoms with E-state index in [9.17, 15) is 4.79 Å². The molecule has 0 spiro atoms. The lowest BCUT2D eigenvalue weighted by atomic mass is 10.1. The third-order valence-electron chi connectivity index (χ3n) is 5.11. The minimum atomic E-state index is -0.104. The quantitative estimate of drug-likeness (QED) is 0.904. The number of hydrogen-bond acceptors (Lipinski definition) is 5. The molecule has 0 unspecified atom stereocenters. The molecule has 2 aliphatic rings. The van der Waals surface area contributed by atoms with Crippen LogP contribution in [0.2, 0.25) is 0 Å². The second kappa shape index (κ2) is 7.31. The van der Waals surface area contributed by atoms with Crippen molar-refractivity contribution in [2.45, 2.75) is 19.3 Å². The lowest BCUT2D eigenvalue weighted by Gasteiger charge is -2.21. The third-order valence-corrected chi connectivity index (χ3v) is 5.11. The largest absolute Gasteiger partial charge is 0.493 e. The maximum atomic E-state index is 13.1. The number of nitrogens with one attached hydrogen (secondary N) is 1. The van der Waals surface area contributed by atoms with Gasteiger partial charge in [0, 0.05) is 17.8 Å². The van der Waals surface area contributed by atoms with E-state index in [1.807, 2.05) is 0 Å². The first-order valence-electron chi connectivity index (χ1n) is 9.17. The Hall–Kier alpha value is -3.02. The fourth-order valence-electron chi connectivity index (χ4n) is 3.73. The van der Waals surface area contributed by atoms with Crippen LogP contribution in [0, 0.1) is 0 Å². The molecule has 6 heteroatoms. The van der Waals surface area contributed by atoms with Gasteiger partial charge in [-0.05, 0) is 54.7 Å². The van der Waals surface area contributed by atoms with E-state index in [4.69, 9.17) is 9.47 Å². The van der Waals surface area contributed by atoms with E-state index >= 15 is 0 Å². The van der Waals surface area contributed by atoms with Crippen LogP contribution >= 0.6 is 0 Å². The highest BCUT2D eigenvalue weighted by Gasteiger charge is 2.27. The lowest BCUT2D eigenvalue weighted by molar-refractivity contribution is 0.0857. The maximum absolute atomic E-state index is 13.1. The van der Waals surface area contributed by atoms with E-state index in [-0.39, 0.29) is 5.91 Å². The summed E-state index contributed by atoms with van der Waals surface area (Å²) in [5.74, 6) is 1.64. The first-order valence-corrected chi connectivity index (χ1v) is 9.17. The number of ether oxygens (including phenoxy) is 2. The molecule has 1 aliphatic heterocycles. The van der Waals surface area contributed by atoms with Crippen LogP contribution in [0.5, 0.6) is 11.5 Å². The number of carbonyl (C=O) groups excluding carboxylic acids is 1. The van der Waals surface area contributed by atoms with Crippen LogP contribution in [0.15, 0.2) is 41.4 Å². The molecule has 0 radical (unpaired) electrons. The van der Waals surface area contributed by atoms with Gasteiger partial charge in [-0.3, -0.25) is 14.7 Å². The van der Waals surface area contributed by atoms with Crippen molar-refractivity contribution in [3.05, 3.63) is 53.1 Å². The molecule has 0 saturated heterocycles. The van der Waals surface area contributed by atoms with Crippen LogP contribution in [0.4, 0.5) is 5.69 Å². The number of amides is 1. The number of methoxy groups -OCH3 is 2. The molecule has 4 rings (SSSR count).